The zero-order valence-corrected chi connectivity index (χ0v) is 6.43. The molecule has 0 aromatic heterocycles. The van der Waals surface area contributed by atoms with Gasteiger partial charge in [0.2, 0.25) is 0 Å². The number of methoxy groups -OCH3 is 1. The van der Waals surface area contributed by atoms with Crippen molar-refractivity contribution in [3.05, 3.63) is 0 Å². The number of carbonyl (C=O) groups is 1. The molecule has 66 valence electrons. The molecule has 0 aliphatic rings. The molecule has 0 spiro atoms. The van der Waals surface area contributed by atoms with E-state index in [1.165, 1.54) is 7.11 Å². The van der Waals surface area contributed by atoms with Crippen molar-refractivity contribution < 1.29 is 18.3 Å². The van der Waals surface area contributed by atoms with Gasteiger partial charge < -0.3 is 4.74 Å². The Morgan fingerprint density at radius 2 is 2.27 bits per heavy atom. The molecular formula is C6H11F2NO2. The molecule has 3 nitrogen and oxygen atoms in total. The lowest BCUT2D eigenvalue weighted by molar-refractivity contribution is -0.119. The number of aldehydes is 1. The summed E-state index contributed by atoms with van der Waals surface area (Å²) in [7, 11) is 1.26. The van der Waals surface area contributed by atoms with E-state index in [2.05, 4.69) is 10.1 Å². The Balaban J connectivity index is 3.59. The fourth-order valence-corrected chi connectivity index (χ4v) is 0.467. The van der Waals surface area contributed by atoms with Gasteiger partial charge in [0.25, 0.3) is 5.92 Å². The quantitative estimate of drug-likeness (QED) is 0.476. The van der Waals surface area contributed by atoms with Gasteiger partial charge in [-0.3, -0.25) is 10.1 Å². The molecule has 0 heterocycles. The molecule has 0 bridgehead atoms. The smallest absolute Gasteiger partial charge is 0.257 e. The zero-order chi connectivity index (χ0) is 8.91. The average Bonchev–Trinajstić information content (AvgIpc) is 1.88. The van der Waals surface area contributed by atoms with Crippen LogP contribution in [0.3, 0.4) is 0 Å². The number of halogens is 2. The number of nitrogens with one attached hydrogen (secondary N) is 1. The molecule has 0 aliphatic heterocycles. The maximum atomic E-state index is 12.1. The van der Waals surface area contributed by atoms with Crippen molar-refractivity contribution in [2.24, 2.45) is 0 Å². The van der Waals surface area contributed by atoms with Crippen molar-refractivity contribution in [1.82, 2.24) is 5.32 Å². The Hall–Kier alpha value is -0.550. The molecule has 0 aliphatic carbocycles. The van der Waals surface area contributed by atoms with E-state index in [1.807, 2.05) is 0 Å². The lowest BCUT2D eigenvalue weighted by Crippen LogP contribution is -2.39. The van der Waals surface area contributed by atoms with Crippen LogP contribution in [0.4, 0.5) is 8.78 Å². The fraction of sp³-hybridized carbons (Fsp3) is 0.833. The molecule has 0 aromatic carbocycles. The lowest BCUT2D eigenvalue weighted by Gasteiger charge is -2.14. The Bertz CT molecular complexity index is 124. The summed E-state index contributed by atoms with van der Waals surface area (Å²) in [5, 5.41) is 2.22. The lowest BCUT2D eigenvalue weighted by atomic mass is 10.4. The molecule has 0 aromatic rings. The Kier molecular flexibility index (Phi) is 4.14. The molecule has 5 heteroatoms. The average molecular weight is 167 g/mol. The van der Waals surface area contributed by atoms with E-state index >= 15 is 0 Å². The Labute approximate surface area is 63.7 Å². The highest BCUT2D eigenvalue weighted by Crippen LogP contribution is 2.08. The van der Waals surface area contributed by atoms with Crippen LogP contribution in [-0.2, 0) is 9.53 Å². The van der Waals surface area contributed by atoms with Crippen molar-refractivity contribution in [3.63, 3.8) is 0 Å². The number of hydrogen-bond acceptors (Lipinski definition) is 3. The molecule has 1 N–H and O–H groups in total. The van der Waals surface area contributed by atoms with E-state index in [-0.39, 0.29) is 0 Å². The van der Waals surface area contributed by atoms with Gasteiger partial charge in [0.15, 0.2) is 12.5 Å². The molecule has 0 fully saturated rings. The fourth-order valence-electron chi connectivity index (χ4n) is 0.467. The maximum Gasteiger partial charge on any atom is 0.257 e. The molecule has 0 radical (unpaired) electrons. The minimum Gasteiger partial charge on any atom is -0.359 e. The van der Waals surface area contributed by atoms with Crippen LogP contribution in [0, 0.1) is 0 Å². The summed E-state index contributed by atoms with van der Waals surface area (Å²) < 4.78 is 28.7. The number of ether oxygens (including phenoxy) is 1. The summed E-state index contributed by atoms with van der Waals surface area (Å²) in [5.74, 6) is -2.82. The third-order valence-electron chi connectivity index (χ3n) is 0.991. The first-order valence-corrected chi connectivity index (χ1v) is 3.09. The van der Waals surface area contributed by atoms with E-state index in [0.717, 1.165) is 6.92 Å². The summed E-state index contributed by atoms with van der Waals surface area (Å²) in [6, 6.07) is 0. The van der Waals surface area contributed by atoms with Crippen molar-refractivity contribution in [2.75, 3.05) is 13.7 Å². The second kappa shape index (κ2) is 4.35. The first kappa shape index (κ1) is 10.4. The Morgan fingerprint density at radius 3 is 2.55 bits per heavy atom. The molecule has 0 saturated heterocycles. The minimum atomic E-state index is -2.82. The summed E-state index contributed by atoms with van der Waals surface area (Å²) in [4.78, 5) is 10.0. The van der Waals surface area contributed by atoms with Gasteiger partial charge in [-0.25, -0.2) is 8.78 Å². The summed E-state index contributed by atoms with van der Waals surface area (Å²) >= 11 is 0. The number of hydrogen-bond donors (Lipinski definition) is 1. The van der Waals surface area contributed by atoms with Crippen molar-refractivity contribution in [2.45, 2.75) is 19.1 Å². The van der Waals surface area contributed by atoms with Gasteiger partial charge in [-0.15, -0.1) is 0 Å². The van der Waals surface area contributed by atoms with Gasteiger partial charge in [-0.05, 0) is 0 Å². The van der Waals surface area contributed by atoms with Crippen LogP contribution in [-0.4, -0.2) is 32.1 Å². The molecular weight excluding hydrogens is 156 g/mol. The van der Waals surface area contributed by atoms with Crippen LogP contribution in [0.1, 0.15) is 6.92 Å². The van der Waals surface area contributed by atoms with Gasteiger partial charge in [0, 0.05) is 14.0 Å². The van der Waals surface area contributed by atoms with Gasteiger partial charge in [0.1, 0.15) is 0 Å². The van der Waals surface area contributed by atoms with E-state index in [0.29, 0.717) is 6.29 Å². The predicted molar refractivity (Wildman–Crippen MR) is 35.5 cm³/mol. The highest BCUT2D eigenvalue weighted by molar-refractivity contribution is 5.55. The van der Waals surface area contributed by atoms with Crippen LogP contribution in [0.2, 0.25) is 0 Å². The maximum absolute atomic E-state index is 12.1. The Morgan fingerprint density at radius 1 is 1.73 bits per heavy atom. The normalized spacial score (nSPS) is 14.5. The van der Waals surface area contributed by atoms with Crippen molar-refractivity contribution in [3.8, 4) is 0 Å². The highest BCUT2D eigenvalue weighted by atomic mass is 19.3. The van der Waals surface area contributed by atoms with E-state index in [4.69, 9.17) is 0 Å². The number of alkyl halides is 2. The zero-order valence-electron chi connectivity index (χ0n) is 6.43. The van der Waals surface area contributed by atoms with Crippen molar-refractivity contribution in [1.29, 1.82) is 0 Å². The van der Waals surface area contributed by atoms with Crippen LogP contribution >= 0.6 is 0 Å². The second-order valence-corrected chi connectivity index (χ2v) is 2.24. The van der Waals surface area contributed by atoms with Crippen molar-refractivity contribution >= 4 is 6.29 Å². The topological polar surface area (TPSA) is 38.3 Å². The standard InChI is InChI=1S/C6H11F2NO2/c1-6(7,8)4-9-5(3-10)11-2/h3,5,9H,4H2,1-2H3. The minimum absolute atomic E-state index is 0.422. The number of rotatable bonds is 5. The summed E-state index contributed by atoms with van der Waals surface area (Å²) in [5.41, 5.74) is 0. The monoisotopic (exact) mass is 167 g/mol. The second-order valence-electron chi connectivity index (χ2n) is 2.24. The molecule has 0 saturated carbocycles. The van der Waals surface area contributed by atoms with E-state index < -0.39 is 18.7 Å². The SMILES string of the molecule is COC(C=O)NCC(C)(F)F. The molecule has 1 atom stereocenters. The van der Waals surface area contributed by atoms with E-state index in [9.17, 15) is 13.6 Å². The van der Waals surface area contributed by atoms with E-state index in [1.54, 1.807) is 0 Å². The summed E-state index contributed by atoms with van der Waals surface area (Å²) in [6.07, 6.45) is -0.521. The molecule has 0 amide bonds. The summed E-state index contributed by atoms with van der Waals surface area (Å²) in [6.45, 7) is 0.196. The highest BCUT2D eigenvalue weighted by Gasteiger charge is 2.21. The van der Waals surface area contributed by atoms with Gasteiger partial charge in [0.05, 0.1) is 6.54 Å². The largest absolute Gasteiger partial charge is 0.359 e. The van der Waals surface area contributed by atoms with Crippen LogP contribution in [0.25, 0.3) is 0 Å². The van der Waals surface area contributed by atoms with Crippen LogP contribution < -0.4 is 5.32 Å². The van der Waals surface area contributed by atoms with Gasteiger partial charge in [-0.2, -0.15) is 0 Å². The molecule has 1 unspecified atom stereocenters. The third-order valence-corrected chi connectivity index (χ3v) is 0.991. The van der Waals surface area contributed by atoms with Crippen LogP contribution in [0.15, 0.2) is 0 Å². The number of carbonyl (C=O) groups excluding carboxylic acids is 1. The first-order valence-electron chi connectivity index (χ1n) is 3.09. The first-order chi connectivity index (χ1) is 4.99. The molecule has 0 rings (SSSR count). The van der Waals surface area contributed by atoms with Gasteiger partial charge in [-0.1, -0.05) is 0 Å². The third kappa shape index (κ3) is 5.87. The van der Waals surface area contributed by atoms with Gasteiger partial charge >= 0.3 is 0 Å². The van der Waals surface area contributed by atoms with Crippen LogP contribution in [0.5, 0.6) is 0 Å². The molecule has 11 heavy (non-hydrogen) atoms. The predicted octanol–water partition coefficient (Wildman–Crippen LogP) is 0.403.